The molecule has 0 radical (unpaired) electrons. The van der Waals surface area contributed by atoms with Crippen molar-refractivity contribution in [2.24, 2.45) is 5.92 Å². The van der Waals surface area contributed by atoms with Crippen LogP contribution >= 0.6 is 0 Å². The van der Waals surface area contributed by atoms with Crippen LogP contribution in [0.2, 0.25) is 0 Å². The fraction of sp³-hybridized carbons (Fsp3) is 0.542. The van der Waals surface area contributed by atoms with Crippen LogP contribution in [0.25, 0.3) is 5.69 Å². The minimum absolute atomic E-state index is 0.0692. The minimum Gasteiger partial charge on any atom is -0.323 e. The van der Waals surface area contributed by atoms with Gasteiger partial charge in [0.05, 0.1) is 18.1 Å². The summed E-state index contributed by atoms with van der Waals surface area (Å²) in [4.78, 5) is 29.2. The zero-order valence-electron chi connectivity index (χ0n) is 19.2. The van der Waals surface area contributed by atoms with E-state index in [9.17, 15) is 9.59 Å². The number of carbonyl (C=O) groups is 2. The summed E-state index contributed by atoms with van der Waals surface area (Å²) < 4.78 is 1.99. The van der Waals surface area contributed by atoms with Crippen LogP contribution in [0.3, 0.4) is 0 Å². The number of imide groups is 1. The Kier molecular flexibility index (Phi) is 5.64. The summed E-state index contributed by atoms with van der Waals surface area (Å²) in [5, 5.41) is 7.77. The maximum absolute atomic E-state index is 13.1. The number of nitrogens with zero attached hydrogens (tertiary/aromatic N) is 4. The number of hydrogen-bond acceptors (Lipinski definition) is 4. The third-order valence-corrected chi connectivity index (χ3v) is 6.97. The quantitative estimate of drug-likeness (QED) is 0.745. The van der Waals surface area contributed by atoms with Crippen LogP contribution < -0.4 is 5.32 Å². The van der Waals surface area contributed by atoms with E-state index in [1.807, 2.05) is 35.7 Å². The summed E-state index contributed by atoms with van der Waals surface area (Å²) in [6.45, 7) is 9.26. The Morgan fingerprint density at radius 1 is 1.16 bits per heavy atom. The molecular formula is C24H33N5O2. The summed E-state index contributed by atoms with van der Waals surface area (Å²) in [5.41, 5.74) is 4.71. The first-order chi connectivity index (χ1) is 14.7. The molecule has 2 aliphatic rings. The van der Waals surface area contributed by atoms with Gasteiger partial charge in [0.25, 0.3) is 5.91 Å². The average molecular weight is 424 g/mol. The zero-order valence-corrected chi connectivity index (χ0v) is 19.2. The molecule has 1 aromatic heterocycles. The summed E-state index contributed by atoms with van der Waals surface area (Å²) in [6, 6.07) is 7.92. The summed E-state index contributed by atoms with van der Waals surface area (Å²) in [5.74, 6) is 0.545. The summed E-state index contributed by atoms with van der Waals surface area (Å²) in [7, 11) is 1.94. The number of amides is 3. The van der Waals surface area contributed by atoms with Crippen LogP contribution in [-0.4, -0.2) is 50.8 Å². The zero-order chi connectivity index (χ0) is 22.3. The van der Waals surface area contributed by atoms with Crippen molar-refractivity contribution in [2.75, 3.05) is 13.7 Å². The van der Waals surface area contributed by atoms with Crippen LogP contribution in [0.5, 0.6) is 0 Å². The lowest BCUT2D eigenvalue weighted by atomic mass is 9.77. The van der Waals surface area contributed by atoms with E-state index in [2.05, 4.69) is 38.2 Å². The maximum Gasteiger partial charge on any atom is 0.326 e. The molecule has 0 bridgehead atoms. The number of benzene rings is 1. The number of carbonyl (C=O) groups excluding carboxylic acids is 2. The van der Waals surface area contributed by atoms with Crippen molar-refractivity contribution >= 4 is 11.9 Å². The first-order valence-corrected chi connectivity index (χ1v) is 11.2. The molecule has 1 aliphatic heterocycles. The van der Waals surface area contributed by atoms with Gasteiger partial charge >= 0.3 is 6.03 Å². The number of urea groups is 1. The van der Waals surface area contributed by atoms with Gasteiger partial charge in [-0.25, -0.2) is 14.4 Å². The van der Waals surface area contributed by atoms with E-state index in [-0.39, 0.29) is 18.6 Å². The molecule has 1 N–H and O–H groups in total. The number of para-hydroxylation sites is 1. The molecule has 1 aliphatic carbocycles. The molecule has 4 rings (SSSR count). The van der Waals surface area contributed by atoms with Gasteiger partial charge in [-0.05, 0) is 71.0 Å². The molecular weight excluding hydrogens is 390 g/mol. The number of hydrogen-bond donors (Lipinski definition) is 1. The van der Waals surface area contributed by atoms with Gasteiger partial charge in [0.2, 0.25) is 0 Å². The third kappa shape index (κ3) is 3.87. The van der Waals surface area contributed by atoms with Crippen molar-refractivity contribution in [1.29, 1.82) is 0 Å². The molecule has 2 heterocycles. The Morgan fingerprint density at radius 3 is 2.52 bits per heavy atom. The molecule has 7 nitrogen and oxygen atoms in total. The van der Waals surface area contributed by atoms with Gasteiger partial charge in [0.1, 0.15) is 5.54 Å². The van der Waals surface area contributed by atoms with Gasteiger partial charge < -0.3 is 5.32 Å². The van der Waals surface area contributed by atoms with E-state index in [4.69, 9.17) is 5.10 Å². The van der Waals surface area contributed by atoms with E-state index >= 15 is 0 Å². The number of aromatic nitrogens is 2. The Labute approximate surface area is 184 Å². The number of aryl methyl sites for hydroxylation is 2. The molecule has 1 spiro atoms. The Bertz CT molecular complexity index is 1000. The lowest BCUT2D eigenvalue weighted by molar-refractivity contribution is -0.134. The van der Waals surface area contributed by atoms with Gasteiger partial charge in [-0.2, -0.15) is 5.10 Å². The molecule has 31 heavy (non-hydrogen) atoms. The van der Waals surface area contributed by atoms with Gasteiger partial charge in [-0.1, -0.05) is 25.1 Å². The molecule has 1 aromatic carbocycles. The predicted octanol–water partition coefficient (Wildman–Crippen LogP) is 3.69. The topological polar surface area (TPSA) is 70.5 Å². The van der Waals surface area contributed by atoms with Crippen LogP contribution in [0, 0.1) is 26.7 Å². The van der Waals surface area contributed by atoms with Crippen LogP contribution in [0.4, 0.5) is 4.79 Å². The van der Waals surface area contributed by atoms with Crippen molar-refractivity contribution in [3.05, 3.63) is 46.8 Å². The number of rotatable bonds is 5. The monoisotopic (exact) mass is 423 g/mol. The fourth-order valence-corrected chi connectivity index (χ4v) is 4.90. The maximum atomic E-state index is 13.1. The van der Waals surface area contributed by atoms with Crippen molar-refractivity contribution in [2.45, 2.75) is 65.5 Å². The molecule has 0 unspecified atom stereocenters. The lowest BCUT2D eigenvalue weighted by Gasteiger charge is -2.33. The van der Waals surface area contributed by atoms with E-state index in [1.54, 1.807) is 0 Å². The lowest BCUT2D eigenvalue weighted by Crippen LogP contribution is -2.49. The molecule has 7 heteroatoms. The van der Waals surface area contributed by atoms with E-state index in [0.29, 0.717) is 12.5 Å². The number of nitrogens with one attached hydrogen (secondary N) is 1. The molecule has 0 atom stereocenters. The Morgan fingerprint density at radius 2 is 1.84 bits per heavy atom. The highest BCUT2D eigenvalue weighted by molar-refractivity contribution is 6.07. The summed E-state index contributed by atoms with van der Waals surface area (Å²) in [6.07, 6.45) is 3.43. The first-order valence-electron chi connectivity index (χ1n) is 11.2. The highest BCUT2D eigenvalue weighted by atomic mass is 16.2. The van der Waals surface area contributed by atoms with Crippen LogP contribution in [0.15, 0.2) is 24.3 Å². The normalized spacial score (nSPS) is 23.8. The second kappa shape index (κ2) is 8.11. The van der Waals surface area contributed by atoms with E-state index in [0.717, 1.165) is 48.3 Å². The molecule has 2 aromatic rings. The molecule has 2 fully saturated rings. The molecule has 166 valence electrons. The van der Waals surface area contributed by atoms with Crippen LogP contribution in [-0.2, 0) is 11.3 Å². The van der Waals surface area contributed by atoms with Gasteiger partial charge in [0.15, 0.2) is 0 Å². The van der Waals surface area contributed by atoms with Crippen molar-refractivity contribution in [1.82, 2.24) is 24.9 Å². The van der Waals surface area contributed by atoms with Crippen molar-refractivity contribution < 1.29 is 9.59 Å². The first kappa shape index (κ1) is 21.6. The SMILES string of the molecule is Cc1ccccc1-n1nc(C)c(CN(C)CN2C(=O)NC3(CCC(C)CC3)C2=O)c1C. The van der Waals surface area contributed by atoms with E-state index in [1.165, 1.54) is 10.5 Å². The van der Waals surface area contributed by atoms with E-state index < -0.39 is 5.54 Å². The predicted molar refractivity (Wildman–Crippen MR) is 120 cm³/mol. The third-order valence-electron chi connectivity index (χ3n) is 6.97. The van der Waals surface area contributed by atoms with Crippen molar-refractivity contribution in [3.8, 4) is 5.69 Å². The molecule has 3 amide bonds. The standard InChI is InChI=1S/C24H33N5O2/c1-16-10-12-24(13-11-16)22(30)28(23(31)25-24)15-27(5)14-20-18(3)26-29(19(20)4)21-9-7-6-8-17(21)2/h6-9,16H,10-15H2,1-5H3,(H,25,31). The molecule has 1 saturated carbocycles. The smallest absolute Gasteiger partial charge is 0.323 e. The minimum atomic E-state index is -0.689. The fourth-order valence-electron chi connectivity index (χ4n) is 4.90. The van der Waals surface area contributed by atoms with Crippen molar-refractivity contribution in [3.63, 3.8) is 0 Å². The largest absolute Gasteiger partial charge is 0.326 e. The average Bonchev–Trinajstić information content (AvgIpc) is 3.13. The Balaban J connectivity index is 1.48. The second-order valence-corrected chi connectivity index (χ2v) is 9.43. The van der Waals surface area contributed by atoms with Gasteiger partial charge in [-0.3, -0.25) is 9.69 Å². The summed E-state index contributed by atoms with van der Waals surface area (Å²) >= 11 is 0. The second-order valence-electron chi connectivity index (χ2n) is 9.43. The van der Waals surface area contributed by atoms with Crippen LogP contribution in [0.1, 0.15) is 55.1 Å². The molecule has 1 saturated heterocycles. The highest BCUT2D eigenvalue weighted by Crippen LogP contribution is 2.36. The Hall–Kier alpha value is -2.67. The van der Waals surface area contributed by atoms with Gasteiger partial charge in [-0.15, -0.1) is 0 Å². The van der Waals surface area contributed by atoms with Gasteiger partial charge in [0, 0.05) is 17.8 Å². The highest BCUT2D eigenvalue weighted by Gasteiger charge is 2.52.